The molecule has 2 atom stereocenters. The molecule has 0 aromatic heterocycles. The van der Waals surface area contributed by atoms with Crippen LogP contribution in [0.15, 0.2) is 40.4 Å². The lowest BCUT2D eigenvalue weighted by Gasteiger charge is -2.24. The number of carbonyl (C=O) groups excluding carboxylic acids is 1. The predicted octanol–water partition coefficient (Wildman–Crippen LogP) is 3.06. The number of aliphatic hydroxyl groups is 1. The maximum absolute atomic E-state index is 13.1. The van der Waals surface area contributed by atoms with Crippen molar-refractivity contribution in [3.05, 3.63) is 35.6 Å². The third kappa shape index (κ3) is 3.22. The SMILES string of the molecule is CC.CCOP1(=O)N=C(C2=C(O)[C@H](C)N(C)C2=O)Nc2ccccc21. The molecule has 25 heavy (non-hydrogen) atoms. The molecule has 3 rings (SSSR count). The number of hydrogen-bond donors (Lipinski definition) is 2. The monoisotopic (exact) mass is 365 g/mol. The number of aliphatic hydroxyl groups excluding tert-OH is 1. The summed E-state index contributed by atoms with van der Waals surface area (Å²) < 4.78 is 22.7. The standard InChI is InChI=1S/C15H18N3O4P.C2H6/c1-4-22-23(21)11-8-6-5-7-10(11)16-14(17-23)12-13(19)9(2)18(3)15(12)20;1-2/h5-9,19H,4H2,1-3H3,(H,16,17,21);1-2H3/t9-,23?;/m0./s1. The maximum Gasteiger partial charge on any atom is 0.348 e. The first-order chi connectivity index (χ1) is 11.9. The summed E-state index contributed by atoms with van der Waals surface area (Å²) >= 11 is 0. The Labute approximate surface area is 147 Å². The van der Waals surface area contributed by atoms with E-state index in [1.54, 1.807) is 45.2 Å². The van der Waals surface area contributed by atoms with Crippen LogP contribution < -0.4 is 10.6 Å². The Kier molecular flexibility index (Phi) is 5.70. The lowest BCUT2D eigenvalue weighted by Crippen LogP contribution is -2.32. The Balaban J connectivity index is 0.00000109. The van der Waals surface area contributed by atoms with Gasteiger partial charge < -0.3 is 19.8 Å². The van der Waals surface area contributed by atoms with E-state index in [1.807, 2.05) is 13.8 Å². The van der Waals surface area contributed by atoms with Gasteiger partial charge >= 0.3 is 7.52 Å². The molecular formula is C17H24N3O4P. The number of fused-ring (bicyclic) bond motifs is 1. The molecule has 0 bridgehead atoms. The summed E-state index contributed by atoms with van der Waals surface area (Å²) in [4.78, 5) is 13.8. The van der Waals surface area contributed by atoms with E-state index in [0.29, 0.717) is 11.0 Å². The van der Waals surface area contributed by atoms with Crippen LogP contribution in [0.3, 0.4) is 0 Å². The van der Waals surface area contributed by atoms with E-state index >= 15 is 0 Å². The zero-order valence-corrected chi connectivity index (χ0v) is 16.0. The summed E-state index contributed by atoms with van der Waals surface area (Å²) in [5, 5.41) is 13.7. The van der Waals surface area contributed by atoms with Gasteiger partial charge in [-0.05, 0) is 26.0 Å². The molecule has 0 saturated carbocycles. The second-order valence-corrected chi connectivity index (χ2v) is 7.36. The molecule has 0 radical (unpaired) electrons. The summed E-state index contributed by atoms with van der Waals surface area (Å²) in [6.45, 7) is 7.66. The lowest BCUT2D eigenvalue weighted by atomic mass is 10.2. The van der Waals surface area contributed by atoms with Gasteiger partial charge in [0.25, 0.3) is 5.91 Å². The second-order valence-electron chi connectivity index (χ2n) is 5.38. The molecule has 1 unspecified atom stereocenters. The van der Waals surface area contributed by atoms with Crippen molar-refractivity contribution in [2.45, 2.75) is 33.7 Å². The third-order valence-electron chi connectivity index (χ3n) is 4.00. The van der Waals surface area contributed by atoms with Crippen LogP contribution in [0.2, 0.25) is 0 Å². The van der Waals surface area contributed by atoms with Gasteiger partial charge in [0, 0.05) is 7.05 Å². The van der Waals surface area contributed by atoms with Gasteiger partial charge in [0.1, 0.15) is 11.3 Å². The number of para-hydroxylation sites is 1. The van der Waals surface area contributed by atoms with E-state index < -0.39 is 13.6 Å². The highest BCUT2D eigenvalue weighted by Gasteiger charge is 2.41. The van der Waals surface area contributed by atoms with Crippen molar-refractivity contribution in [1.82, 2.24) is 4.90 Å². The van der Waals surface area contributed by atoms with Crippen molar-refractivity contribution in [3.63, 3.8) is 0 Å². The second kappa shape index (κ2) is 7.42. The van der Waals surface area contributed by atoms with E-state index in [0.717, 1.165) is 0 Å². The molecule has 0 saturated heterocycles. The molecule has 0 aliphatic carbocycles. The minimum Gasteiger partial charge on any atom is -0.509 e. The smallest absolute Gasteiger partial charge is 0.348 e. The Hall–Kier alpha value is -2.11. The molecule has 1 amide bonds. The molecular weight excluding hydrogens is 341 g/mol. The zero-order valence-electron chi connectivity index (χ0n) is 15.1. The van der Waals surface area contributed by atoms with Crippen LogP contribution in [0.25, 0.3) is 0 Å². The molecule has 1 aromatic carbocycles. The van der Waals surface area contributed by atoms with E-state index in [9.17, 15) is 14.5 Å². The molecule has 2 heterocycles. The highest BCUT2D eigenvalue weighted by Crippen LogP contribution is 2.52. The quantitative estimate of drug-likeness (QED) is 0.804. The molecule has 2 N–H and O–H groups in total. The summed E-state index contributed by atoms with van der Waals surface area (Å²) in [5.41, 5.74) is 0.596. The maximum atomic E-state index is 13.1. The van der Waals surface area contributed by atoms with E-state index in [4.69, 9.17) is 4.52 Å². The number of carbonyl (C=O) groups is 1. The van der Waals surface area contributed by atoms with Crippen molar-refractivity contribution in [3.8, 4) is 0 Å². The number of likely N-dealkylation sites (N-methyl/N-ethyl adjacent to an activating group) is 1. The van der Waals surface area contributed by atoms with Crippen molar-refractivity contribution >= 4 is 30.3 Å². The Morgan fingerprint density at radius 3 is 2.56 bits per heavy atom. The van der Waals surface area contributed by atoms with Crippen molar-refractivity contribution in [1.29, 1.82) is 0 Å². The molecule has 136 valence electrons. The van der Waals surface area contributed by atoms with E-state index in [-0.39, 0.29) is 29.7 Å². The van der Waals surface area contributed by atoms with Gasteiger partial charge in [0.2, 0.25) is 0 Å². The van der Waals surface area contributed by atoms with Crippen molar-refractivity contribution in [2.24, 2.45) is 4.76 Å². The summed E-state index contributed by atoms with van der Waals surface area (Å²) in [6.07, 6.45) is 0. The van der Waals surface area contributed by atoms with Gasteiger partial charge in [0.05, 0.1) is 23.6 Å². The fourth-order valence-corrected chi connectivity index (χ4v) is 4.40. The average Bonchev–Trinajstić information content (AvgIpc) is 2.80. The normalized spacial score (nSPS) is 25.0. The highest BCUT2D eigenvalue weighted by atomic mass is 31.2. The van der Waals surface area contributed by atoms with Gasteiger partial charge in [0.15, 0.2) is 5.84 Å². The Bertz CT molecular complexity index is 788. The number of amides is 1. The summed E-state index contributed by atoms with van der Waals surface area (Å²) in [7, 11) is -1.90. The fourth-order valence-electron chi connectivity index (χ4n) is 2.63. The highest BCUT2D eigenvalue weighted by molar-refractivity contribution is 7.66. The average molecular weight is 365 g/mol. The van der Waals surface area contributed by atoms with Crippen LogP contribution >= 0.6 is 7.52 Å². The minimum absolute atomic E-state index is 0.0365. The largest absolute Gasteiger partial charge is 0.509 e. The first-order valence-corrected chi connectivity index (χ1v) is 9.89. The first-order valence-electron chi connectivity index (χ1n) is 8.31. The molecule has 8 heteroatoms. The van der Waals surface area contributed by atoms with Gasteiger partial charge in [-0.2, -0.15) is 4.76 Å². The number of benzene rings is 1. The zero-order chi connectivity index (χ0) is 18.8. The van der Waals surface area contributed by atoms with E-state index in [1.165, 1.54) is 4.90 Å². The van der Waals surface area contributed by atoms with Crippen LogP contribution in [0.4, 0.5) is 5.69 Å². The summed E-state index contributed by atoms with van der Waals surface area (Å²) in [6, 6.07) is 6.49. The molecule has 2 aliphatic rings. The number of rotatable bonds is 3. The van der Waals surface area contributed by atoms with Crippen LogP contribution in [0, 0.1) is 0 Å². The van der Waals surface area contributed by atoms with E-state index in [2.05, 4.69) is 10.1 Å². The molecule has 7 nitrogen and oxygen atoms in total. The predicted molar refractivity (Wildman–Crippen MR) is 99.6 cm³/mol. The number of hydrogen-bond acceptors (Lipinski definition) is 5. The number of nitrogens with one attached hydrogen (secondary N) is 1. The Morgan fingerprint density at radius 1 is 1.36 bits per heavy atom. The van der Waals surface area contributed by atoms with Gasteiger partial charge in [-0.25, -0.2) is 0 Å². The third-order valence-corrected chi connectivity index (χ3v) is 6.07. The van der Waals surface area contributed by atoms with Crippen molar-refractivity contribution < 1.29 is 19.0 Å². The van der Waals surface area contributed by atoms with Crippen LogP contribution in [0.5, 0.6) is 0 Å². The lowest BCUT2D eigenvalue weighted by molar-refractivity contribution is -0.125. The van der Waals surface area contributed by atoms with Gasteiger partial charge in [-0.3, -0.25) is 9.36 Å². The van der Waals surface area contributed by atoms with Crippen LogP contribution in [-0.2, 0) is 13.9 Å². The topological polar surface area (TPSA) is 91.2 Å². The first kappa shape index (κ1) is 19.2. The van der Waals surface area contributed by atoms with Crippen LogP contribution in [0.1, 0.15) is 27.7 Å². The van der Waals surface area contributed by atoms with Crippen LogP contribution in [-0.4, -0.2) is 41.4 Å². The molecule has 0 fully saturated rings. The minimum atomic E-state index is -3.50. The molecule has 1 aromatic rings. The molecule has 0 spiro atoms. The number of amidine groups is 1. The molecule has 2 aliphatic heterocycles. The number of nitrogens with zero attached hydrogens (tertiary/aromatic N) is 2. The fraction of sp³-hybridized carbons (Fsp3) is 0.412. The summed E-state index contributed by atoms with van der Waals surface area (Å²) in [5.74, 6) is -0.381. The number of anilines is 1. The Morgan fingerprint density at radius 2 is 2.00 bits per heavy atom. The van der Waals surface area contributed by atoms with Crippen molar-refractivity contribution in [2.75, 3.05) is 19.0 Å². The van der Waals surface area contributed by atoms with Gasteiger partial charge in [-0.1, -0.05) is 26.0 Å². The van der Waals surface area contributed by atoms with Gasteiger partial charge in [-0.15, -0.1) is 0 Å².